The van der Waals surface area contributed by atoms with E-state index in [1.165, 1.54) is 0 Å². The highest BCUT2D eigenvalue weighted by Gasteiger charge is 2.06. The van der Waals surface area contributed by atoms with Gasteiger partial charge in [-0.05, 0) is 12.1 Å². The number of benzene rings is 1. The monoisotopic (exact) mass is 237 g/mol. The standard InChI is InChI=1S/C11H11NO5/c13-5-8-3-1-2-4-9(8)12-10(14)6-17-7-11(15)16/h1-5H,6-7H2,(H,12,14)(H,15,16). The van der Waals surface area contributed by atoms with Crippen molar-refractivity contribution in [2.45, 2.75) is 0 Å². The van der Waals surface area contributed by atoms with Crippen LogP contribution in [0.15, 0.2) is 24.3 Å². The Bertz CT molecular complexity index is 430. The van der Waals surface area contributed by atoms with Crippen LogP contribution in [0.4, 0.5) is 5.69 Å². The van der Waals surface area contributed by atoms with Crippen LogP contribution in [0.2, 0.25) is 0 Å². The Kier molecular flexibility index (Phi) is 4.83. The number of ether oxygens (including phenoxy) is 1. The second kappa shape index (κ2) is 6.39. The van der Waals surface area contributed by atoms with Gasteiger partial charge in [-0.1, -0.05) is 12.1 Å². The molecule has 0 fully saturated rings. The maximum atomic E-state index is 11.3. The van der Waals surface area contributed by atoms with Gasteiger partial charge >= 0.3 is 5.97 Å². The normalized spacial score (nSPS) is 9.65. The smallest absolute Gasteiger partial charge is 0.329 e. The van der Waals surface area contributed by atoms with E-state index in [1.807, 2.05) is 0 Å². The Morgan fingerprint density at radius 2 is 2.00 bits per heavy atom. The Balaban J connectivity index is 2.50. The molecule has 1 rings (SSSR count). The molecule has 0 spiro atoms. The van der Waals surface area contributed by atoms with Gasteiger partial charge in [-0.25, -0.2) is 4.79 Å². The molecule has 90 valence electrons. The van der Waals surface area contributed by atoms with Gasteiger partial charge in [0.2, 0.25) is 5.91 Å². The number of carbonyl (C=O) groups is 3. The van der Waals surface area contributed by atoms with Crippen molar-refractivity contribution in [3.05, 3.63) is 29.8 Å². The number of para-hydroxylation sites is 1. The Morgan fingerprint density at radius 1 is 1.29 bits per heavy atom. The molecule has 0 aliphatic rings. The third-order valence-electron chi connectivity index (χ3n) is 1.82. The highest BCUT2D eigenvalue weighted by Crippen LogP contribution is 2.12. The molecule has 0 aromatic heterocycles. The van der Waals surface area contributed by atoms with Gasteiger partial charge in [-0.15, -0.1) is 0 Å². The molecule has 0 unspecified atom stereocenters. The fourth-order valence-electron chi connectivity index (χ4n) is 1.13. The maximum Gasteiger partial charge on any atom is 0.329 e. The minimum absolute atomic E-state index is 0.346. The molecule has 0 aliphatic carbocycles. The van der Waals surface area contributed by atoms with E-state index < -0.39 is 18.5 Å². The highest BCUT2D eigenvalue weighted by atomic mass is 16.5. The van der Waals surface area contributed by atoms with Crippen LogP contribution in [0.25, 0.3) is 0 Å². The number of nitrogens with one attached hydrogen (secondary N) is 1. The molecule has 0 saturated heterocycles. The molecule has 1 aromatic rings. The summed E-state index contributed by atoms with van der Waals surface area (Å²) in [6, 6.07) is 6.46. The van der Waals surface area contributed by atoms with Gasteiger partial charge in [0, 0.05) is 5.56 Å². The van der Waals surface area contributed by atoms with E-state index in [-0.39, 0.29) is 6.61 Å². The molecule has 1 amide bonds. The van der Waals surface area contributed by atoms with Crippen LogP contribution >= 0.6 is 0 Å². The zero-order valence-corrected chi connectivity index (χ0v) is 8.88. The molecule has 6 nitrogen and oxygen atoms in total. The van der Waals surface area contributed by atoms with Gasteiger partial charge < -0.3 is 15.2 Å². The van der Waals surface area contributed by atoms with Gasteiger partial charge in [0.25, 0.3) is 0 Å². The number of aliphatic carboxylic acids is 1. The van der Waals surface area contributed by atoms with Crippen molar-refractivity contribution in [2.75, 3.05) is 18.5 Å². The number of carboxylic acids is 1. The minimum atomic E-state index is -1.15. The molecule has 0 atom stereocenters. The number of carbonyl (C=O) groups excluding carboxylic acids is 2. The fraction of sp³-hybridized carbons (Fsp3) is 0.182. The molecule has 2 N–H and O–H groups in total. The average Bonchev–Trinajstić information content (AvgIpc) is 2.29. The van der Waals surface area contributed by atoms with Crippen molar-refractivity contribution >= 4 is 23.9 Å². The minimum Gasteiger partial charge on any atom is -0.480 e. The second-order valence-electron chi connectivity index (χ2n) is 3.14. The second-order valence-corrected chi connectivity index (χ2v) is 3.14. The first-order valence-corrected chi connectivity index (χ1v) is 4.77. The van der Waals surface area contributed by atoms with Crippen LogP contribution in [-0.4, -0.2) is 36.5 Å². The van der Waals surface area contributed by atoms with Gasteiger partial charge in [0.1, 0.15) is 13.2 Å². The molecule has 0 aliphatic heterocycles. The van der Waals surface area contributed by atoms with Gasteiger partial charge in [-0.3, -0.25) is 9.59 Å². The van der Waals surface area contributed by atoms with E-state index >= 15 is 0 Å². The molecule has 0 radical (unpaired) electrons. The average molecular weight is 237 g/mol. The van der Waals surface area contributed by atoms with E-state index in [9.17, 15) is 14.4 Å². The lowest BCUT2D eigenvalue weighted by Gasteiger charge is -2.06. The quantitative estimate of drug-likeness (QED) is 0.704. The fourth-order valence-corrected chi connectivity index (χ4v) is 1.13. The van der Waals surface area contributed by atoms with Crippen LogP contribution in [0.3, 0.4) is 0 Å². The SMILES string of the molecule is O=Cc1ccccc1NC(=O)COCC(=O)O. The van der Waals surface area contributed by atoms with E-state index in [0.29, 0.717) is 17.5 Å². The van der Waals surface area contributed by atoms with E-state index in [1.54, 1.807) is 24.3 Å². The predicted molar refractivity (Wildman–Crippen MR) is 58.9 cm³/mol. The van der Waals surface area contributed by atoms with Gasteiger partial charge in [-0.2, -0.15) is 0 Å². The summed E-state index contributed by atoms with van der Waals surface area (Å²) in [5.41, 5.74) is 0.713. The summed E-state index contributed by atoms with van der Waals surface area (Å²) in [5, 5.41) is 10.7. The lowest BCUT2D eigenvalue weighted by atomic mass is 10.2. The van der Waals surface area contributed by atoms with Crippen molar-refractivity contribution in [2.24, 2.45) is 0 Å². The largest absolute Gasteiger partial charge is 0.480 e. The van der Waals surface area contributed by atoms with Crippen LogP contribution in [0, 0.1) is 0 Å². The molecule has 0 saturated carbocycles. The third-order valence-corrected chi connectivity index (χ3v) is 1.82. The third kappa shape index (κ3) is 4.43. The molecular formula is C11H11NO5. The number of aldehydes is 1. The molecule has 17 heavy (non-hydrogen) atoms. The molecule has 0 heterocycles. The summed E-state index contributed by atoms with van der Waals surface area (Å²) in [6.45, 7) is -0.914. The molecule has 1 aromatic carbocycles. The summed E-state index contributed by atoms with van der Waals surface area (Å²) in [4.78, 5) is 32.1. The Morgan fingerprint density at radius 3 is 2.65 bits per heavy atom. The van der Waals surface area contributed by atoms with Gasteiger partial charge in [0.15, 0.2) is 6.29 Å². The Hall–Kier alpha value is -2.21. The van der Waals surface area contributed by atoms with E-state index in [2.05, 4.69) is 10.1 Å². The highest BCUT2D eigenvalue weighted by molar-refractivity contribution is 5.96. The number of amides is 1. The topological polar surface area (TPSA) is 92.7 Å². The van der Waals surface area contributed by atoms with Crippen LogP contribution in [0.1, 0.15) is 10.4 Å². The van der Waals surface area contributed by atoms with Crippen molar-refractivity contribution in [1.82, 2.24) is 0 Å². The lowest BCUT2D eigenvalue weighted by Crippen LogP contribution is -2.21. The first-order valence-electron chi connectivity index (χ1n) is 4.77. The van der Waals surface area contributed by atoms with Crippen molar-refractivity contribution < 1.29 is 24.2 Å². The summed E-state index contributed by atoms with van der Waals surface area (Å²) < 4.78 is 4.60. The number of carboxylic acid groups (broad SMARTS) is 1. The first-order chi connectivity index (χ1) is 8.13. The number of hydrogen-bond acceptors (Lipinski definition) is 4. The summed E-state index contributed by atoms with van der Waals surface area (Å²) in [7, 11) is 0. The van der Waals surface area contributed by atoms with Gasteiger partial charge in [0.05, 0.1) is 5.69 Å². The van der Waals surface area contributed by atoms with Crippen LogP contribution < -0.4 is 5.32 Å². The lowest BCUT2D eigenvalue weighted by molar-refractivity contribution is -0.143. The number of anilines is 1. The number of rotatable bonds is 6. The number of hydrogen-bond donors (Lipinski definition) is 2. The van der Waals surface area contributed by atoms with Crippen LogP contribution in [-0.2, 0) is 14.3 Å². The summed E-state index contributed by atoms with van der Waals surface area (Å²) in [5.74, 6) is -1.66. The van der Waals surface area contributed by atoms with E-state index in [4.69, 9.17) is 5.11 Å². The summed E-state index contributed by atoms with van der Waals surface area (Å²) >= 11 is 0. The van der Waals surface area contributed by atoms with Crippen molar-refractivity contribution in [1.29, 1.82) is 0 Å². The zero-order chi connectivity index (χ0) is 12.7. The molecule has 0 bridgehead atoms. The summed E-state index contributed by atoms with van der Waals surface area (Å²) in [6.07, 6.45) is 0.619. The zero-order valence-electron chi connectivity index (χ0n) is 8.88. The van der Waals surface area contributed by atoms with Crippen molar-refractivity contribution in [3.8, 4) is 0 Å². The van der Waals surface area contributed by atoms with Crippen molar-refractivity contribution in [3.63, 3.8) is 0 Å². The molecular weight excluding hydrogens is 226 g/mol. The van der Waals surface area contributed by atoms with E-state index in [0.717, 1.165) is 0 Å². The first kappa shape index (κ1) is 12.9. The maximum absolute atomic E-state index is 11.3. The predicted octanol–water partition coefficient (Wildman–Crippen LogP) is 0.539. The molecule has 6 heteroatoms. The van der Waals surface area contributed by atoms with Crippen LogP contribution in [0.5, 0.6) is 0 Å². The Labute approximate surface area is 97.2 Å².